The minimum absolute atomic E-state index is 0.313. The van der Waals surface area contributed by atoms with E-state index in [-0.39, 0.29) is 6.09 Å². The highest BCUT2D eigenvalue weighted by Gasteiger charge is 2.19. The monoisotopic (exact) mass is 300 g/mol. The lowest BCUT2D eigenvalue weighted by atomic mass is 9.88. The van der Waals surface area contributed by atoms with E-state index in [2.05, 4.69) is 37.9 Å². The van der Waals surface area contributed by atoms with Gasteiger partial charge in [-0.3, -0.25) is 0 Å². The van der Waals surface area contributed by atoms with Crippen LogP contribution in [0.4, 0.5) is 4.79 Å². The van der Waals surface area contributed by atoms with E-state index in [1.165, 1.54) is 6.42 Å². The minimum Gasteiger partial charge on any atom is -0.444 e. The number of rotatable bonds is 9. The zero-order chi connectivity index (χ0) is 16.5. The van der Waals surface area contributed by atoms with Gasteiger partial charge in [-0.15, -0.1) is 0 Å². The summed E-state index contributed by atoms with van der Waals surface area (Å²) in [5.41, 5.74) is -0.426. The molecule has 0 spiro atoms. The van der Waals surface area contributed by atoms with Crippen molar-refractivity contribution in [1.82, 2.24) is 10.2 Å². The average molecular weight is 300 g/mol. The van der Waals surface area contributed by atoms with Crippen molar-refractivity contribution in [3.63, 3.8) is 0 Å². The molecule has 0 saturated heterocycles. The maximum atomic E-state index is 11.6. The summed E-state index contributed by atoms with van der Waals surface area (Å²) < 4.78 is 5.25. The van der Waals surface area contributed by atoms with Gasteiger partial charge in [0.2, 0.25) is 0 Å². The first-order valence-electron chi connectivity index (χ1n) is 8.42. The third-order valence-corrected chi connectivity index (χ3v) is 3.98. The van der Waals surface area contributed by atoms with Crippen molar-refractivity contribution in [2.45, 2.75) is 66.9 Å². The van der Waals surface area contributed by atoms with Gasteiger partial charge in [0.1, 0.15) is 5.60 Å². The Hall–Kier alpha value is -0.770. The molecule has 0 aliphatic rings. The molecule has 0 aromatic rings. The van der Waals surface area contributed by atoms with Gasteiger partial charge in [0.25, 0.3) is 0 Å². The van der Waals surface area contributed by atoms with Crippen LogP contribution in [0.5, 0.6) is 0 Å². The Morgan fingerprint density at radius 3 is 2.19 bits per heavy atom. The van der Waals surface area contributed by atoms with Crippen LogP contribution in [-0.4, -0.2) is 42.8 Å². The van der Waals surface area contributed by atoms with E-state index in [1.54, 1.807) is 0 Å². The fourth-order valence-electron chi connectivity index (χ4n) is 2.48. The van der Waals surface area contributed by atoms with Gasteiger partial charge >= 0.3 is 6.09 Å². The molecule has 21 heavy (non-hydrogen) atoms. The molecule has 2 atom stereocenters. The first-order valence-corrected chi connectivity index (χ1v) is 8.42. The zero-order valence-corrected chi connectivity index (χ0v) is 15.2. The van der Waals surface area contributed by atoms with Crippen molar-refractivity contribution in [1.29, 1.82) is 0 Å². The van der Waals surface area contributed by atoms with Crippen LogP contribution in [0.15, 0.2) is 0 Å². The summed E-state index contributed by atoms with van der Waals surface area (Å²) in [6.45, 7) is 18.7. The molecule has 0 radical (unpaired) electrons. The molecule has 0 bridgehead atoms. The summed E-state index contributed by atoms with van der Waals surface area (Å²) in [5, 5.41) is 2.86. The topological polar surface area (TPSA) is 41.6 Å². The quantitative estimate of drug-likeness (QED) is 0.702. The van der Waals surface area contributed by atoms with E-state index < -0.39 is 5.60 Å². The fourth-order valence-corrected chi connectivity index (χ4v) is 2.48. The number of amides is 1. The van der Waals surface area contributed by atoms with Gasteiger partial charge in [-0.25, -0.2) is 4.79 Å². The number of hydrogen-bond donors (Lipinski definition) is 1. The van der Waals surface area contributed by atoms with Crippen LogP contribution in [0.25, 0.3) is 0 Å². The molecule has 0 aromatic carbocycles. The molecule has 0 fully saturated rings. The molecule has 0 aromatic heterocycles. The van der Waals surface area contributed by atoms with Crippen LogP contribution in [0.1, 0.15) is 61.3 Å². The zero-order valence-electron chi connectivity index (χ0n) is 15.2. The van der Waals surface area contributed by atoms with E-state index in [4.69, 9.17) is 4.74 Å². The van der Waals surface area contributed by atoms with Crippen molar-refractivity contribution in [3.8, 4) is 0 Å². The third kappa shape index (κ3) is 9.72. The Labute approximate surface area is 131 Å². The largest absolute Gasteiger partial charge is 0.444 e. The highest BCUT2D eigenvalue weighted by Crippen LogP contribution is 2.20. The van der Waals surface area contributed by atoms with E-state index in [1.807, 2.05) is 20.8 Å². The van der Waals surface area contributed by atoms with Crippen molar-refractivity contribution in [2.24, 2.45) is 11.8 Å². The lowest BCUT2D eigenvalue weighted by Gasteiger charge is -2.29. The van der Waals surface area contributed by atoms with Gasteiger partial charge in [-0.1, -0.05) is 34.1 Å². The van der Waals surface area contributed by atoms with Crippen LogP contribution in [-0.2, 0) is 4.74 Å². The van der Waals surface area contributed by atoms with E-state index in [0.717, 1.165) is 26.1 Å². The number of alkyl carbamates (subject to hydrolysis) is 1. The van der Waals surface area contributed by atoms with Crippen LogP contribution in [0.3, 0.4) is 0 Å². The second kappa shape index (κ2) is 10.0. The molecule has 0 rings (SSSR count). The molecule has 0 aliphatic heterocycles. The molecule has 126 valence electrons. The molecule has 1 unspecified atom stereocenters. The molecule has 0 heterocycles. The number of nitrogens with one attached hydrogen (secondary N) is 1. The SMILES string of the molecule is CC[C@H](CN(CC)CC)C(C)CCNC(=O)OC(C)(C)C. The second-order valence-electron chi connectivity index (χ2n) is 6.85. The smallest absolute Gasteiger partial charge is 0.407 e. The molecule has 1 amide bonds. The van der Waals surface area contributed by atoms with Crippen molar-refractivity contribution >= 4 is 6.09 Å². The lowest BCUT2D eigenvalue weighted by molar-refractivity contribution is 0.0523. The number of carbonyl (C=O) groups excluding carboxylic acids is 1. The summed E-state index contributed by atoms with van der Waals surface area (Å²) in [5.74, 6) is 1.29. The Bertz CT molecular complexity index is 283. The molecular formula is C17H36N2O2. The van der Waals surface area contributed by atoms with Crippen LogP contribution < -0.4 is 5.32 Å². The first kappa shape index (κ1) is 20.2. The number of carbonyl (C=O) groups is 1. The molecular weight excluding hydrogens is 264 g/mol. The Kier molecular flexibility index (Phi) is 9.67. The van der Waals surface area contributed by atoms with Crippen LogP contribution in [0, 0.1) is 11.8 Å². The highest BCUT2D eigenvalue weighted by molar-refractivity contribution is 5.67. The Morgan fingerprint density at radius 2 is 1.76 bits per heavy atom. The number of ether oxygens (including phenoxy) is 1. The first-order chi connectivity index (χ1) is 9.73. The molecule has 1 N–H and O–H groups in total. The Balaban J connectivity index is 4.10. The highest BCUT2D eigenvalue weighted by atomic mass is 16.6. The van der Waals surface area contributed by atoms with Crippen LogP contribution in [0.2, 0.25) is 0 Å². The second-order valence-corrected chi connectivity index (χ2v) is 6.85. The summed E-state index contributed by atoms with van der Waals surface area (Å²) in [7, 11) is 0. The van der Waals surface area contributed by atoms with Gasteiger partial charge in [0.05, 0.1) is 0 Å². The molecule has 0 saturated carbocycles. The van der Waals surface area contributed by atoms with E-state index >= 15 is 0 Å². The lowest BCUT2D eigenvalue weighted by Crippen LogP contribution is -2.35. The van der Waals surface area contributed by atoms with Gasteiger partial charge in [-0.05, 0) is 52.1 Å². The maximum absolute atomic E-state index is 11.6. The summed E-state index contributed by atoms with van der Waals surface area (Å²) in [4.78, 5) is 14.1. The van der Waals surface area contributed by atoms with Gasteiger partial charge in [0.15, 0.2) is 0 Å². The fraction of sp³-hybridized carbons (Fsp3) is 0.941. The van der Waals surface area contributed by atoms with Gasteiger partial charge in [-0.2, -0.15) is 0 Å². The summed E-state index contributed by atoms with van der Waals surface area (Å²) >= 11 is 0. The Morgan fingerprint density at radius 1 is 1.19 bits per heavy atom. The standard InChI is InChI=1S/C17H36N2O2/c1-8-15(13-19(9-2)10-3)14(4)11-12-18-16(20)21-17(5,6)7/h14-15H,8-13H2,1-7H3,(H,18,20)/t14?,15-/m1/s1. The third-order valence-electron chi connectivity index (χ3n) is 3.98. The maximum Gasteiger partial charge on any atom is 0.407 e. The normalized spacial score (nSPS) is 14.9. The van der Waals surface area contributed by atoms with E-state index in [9.17, 15) is 4.79 Å². The summed E-state index contributed by atoms with van der Waals surface area (Å²) in [6, 6.07) is 0. The van der Waals surface area contributed by atoms with Crippen molar-refractivity contribution in [3.05, 3.63) is 0 Å². The summed E-state index contributed by atoms with van der Waals surface area (Å²) in [6.07, 6.45) is 1.87. The molecule has 4 heteroatoms. The minimum atomic E-state index is -0.426. The number of nitrogens with zero attached hydrogens (tertiary/aromatic N) is 1. The molecule has 0 aliphatic carbocycles. The van der Waals surface area contributed by atoms with Gasteiger partial charge in [0, 0.05) is 13.1 Å². The number of hydrogen-bond acceptors (Lipinski definition) is 3. The van der Waals surface area contributed by atoms with Crippen LogP contribution >= 0.6 is 0 Å². The van der Waals surface area contributed by atoms with Gasteiger partial charge < -0.3 is 15.0 Å². The van der Waals surface area contributed by atoms with Crippen molar-refractivity contribution in [2.75, 3.05) is 26.2 Å². The average Bonchev–Trinajstić information content (AvgIpc) is 2.38. The predicted octanol–water partition coefficient (Wildman–Crippen LogP) is 3.91. The predicted molar refractivity (Wildman–Crippen MR) is 89.6 cm³/mol. The molecule has 4 nitrogen and oxygen atoms in total. The van der Waals surface area contributed by atoms with Crippen molar-refractivity contribution < 1.29 is 9.53 Å². The van der Waals surface area contributed by atoms with E-state index in [0.29, 0.717) is 18.4 Å².